The van der Waals surface area contributed by atoms with E-state index < -0.39 is 29.6 Å². The fraction of sp³-hybridized carbons (Fsp3) is 0.364. The predicted molar refractivity (Wildman–Crippen MR) is 163 cm³/mol. The summed E-state index contributed by atoms with van der Waals surface area (Å²) in [5.41, 5.74) is 3.81. The van der Waals surface area contributed by atoms with Crippen molar-refractivity contribution in [3.63, 3.8) is 0 Å². The van der Waals surface area contributed by atoms with Gasteiger partial charge in [0.2, 0.25) is 0 Å². The van der Waals surface area contributed by atoms with E-state index in [0.717, 1.165) is 52.2 Å². The van der Waals surface area contributed by atoms with Crippen molar-refractivity contribution in [1.82, 2.24) is 14.8 Å². The highest BCUT2D eigenvalue weighted by molar-refractivity contribution is 6.31. The first-order chi connectivity index (χ1) is 21.0. The zero-order chi connectivity index (χ0) is 31.4. The lowest BCUT2D eigenvalue weighted by Gasteiger charge is -2.31. The van der Waals surface area contributed by atoms with Crippen LogP contribution in [0.15, 0.2) is 71.8 Å². The first kappa shape index (κ1) is 31.7. The summed E-state index contributed by atoms with van der Waals surface area (Å²) in [5, 5.41) is 6.65. The quantitative estimate of drug-likeness (QED) is 0.302. The van der Waals surface area contributed by atoms with Crippen LogP contribution in [0.3, 0.4) is 0 Å². The maximum atomic E-state index is 14.0. The Morgan fingerprint density at radius 1 is 1.00 bits per heavy atom. The lowest BCUT2D eigenvalue weighted by molar-refractivity contribution is -0.137. The van der Waals surface area contributed by atoms with Crippen molar-refractivity contribution in [2.24, 2.45) is 5.10 Å². The summed E-state index contributed by atoms with van der Waals surface area (Å²) in [4.78, 5) is 31.2. The number of aryl methyl sites for hydroxylation is 2. The number of hydrogen-bond donors (Lipinski definition) is 0. The number of halogens is 4. The Bertz CT molecular complexity index is 1540. The van der Waals surface area contributed by atoms with Crippen LogP contribution < -0.4 is 0 Å². The molecule has 0 N–H and O–H groups in total. The van der Waals surface area contributed by atoms with Crippen LogP contribution >= 0.6 is 11.6 Å². The standard InChI is InChI=1S/C33H34ClF3N4O3/c1-22-7-8-25(19-23(22)2)29-20-30(27-5-3-4-6-28(27)34)41(38-29)31(42)21-40(14-13-39-15-17-44-18-16-39)32(43)24-9-11-26(12-10-24)33(35,36)37/h3-12,19,30H,13-18,20-21H2,1-2H3. The number of carbonyl (C=O) groups excluding carboxylic acids is 2. The average molecular weight is 627 g/mol. The number of alkyl halides is 3. The summed E-state index contributed by atoms with van der Waals surface area (Å²) in [6.07, 6.45) is -4.10. The first-order valence-corrected chi connectivity index (χ1v) is 14.9. The van der Waals surface area contributed by atoms with E-state index in [2.05, 4.69) is 4.90 Å². The Kier molecular flexibility index (Phi) is 9.72. The predicted octanol–water partition coefficient (Wildman–Crippen LogP) is 6.13. The van der Waals surface area contributed by atoms with Crippen molar-refractivity contribution >= 4 is 29.1 Å². The molecule has 2 heterocycles. The van der Waals surface area contributed by atoms with Gasteiger partial charge >= 0.3 is 6.18 Å². The van der Waals surface area contributed by atoms with Gasteiger partial charge in [0.1, 0.15) is 6.54 Å². The molecular formula is C33H34ClF3N4O3. The third kappa shape index (κ3) is 7.31. The van der Waals surface area contributed by atoms with Gasteiger partial charge in [-0.2, -0.15) is 18.3 Å². The fourth-order valence-electron chi connectivity index (χ4n) is 5.38. The normalized spacial score (nSPS) is 17.5. The van der Waals surface area contributed by atoms with Crippen LogP contribution in [-0.2, 0) is 15.7 Å². The van der Waals surface area contributed by atoms with Crippen LogP contribution in [0, 0.1) is 13.8 Å². The number of nitrogens with zero attached hydrogens (tertiary/aromatic N) is 4. The molecule has 44 heavy (non-hydrogen) atoms. The number of amides is 2. The van der Waals surface area contributed by atoms with E-state index in [4.69, 9.17) is 21.4 Å². The number of hydrazone groups is 1. The largest absolute Gasteiger partial charge is 0.416 e. The number of rotatable bonds is 8. The summed E-state index contributed by atoms with van der Waals surface area (Å²) in [6, 6.07) is 16.9. The molecule has 1 atom stereocenters. The van der Waals surface area contributed by atoms with E-state index in [0.29, 0.717) is 44.3 Å². The van der Waals surface area contributed by atoms with Crippen LogP contribution in [0.2, 0.25) is 5.02 Å². The van der Waals surface area contributed by atoms with Gasteiger partial charge in [-0.05, 0) is 72.5 Å². The molecule has 11 heteroatoms. The van der Waals surface area contributed by atoms with Crippen molar-refractivity contribution in [3.8, 4) is 0 Å². The van der Waals surface area contributed by atoms with E-state index in [-0.39, 0.29) is 18.7 Å². The van der Waals surface area contributed by atoms with Crippen molar-refractivity contribution in [2.45, 2.75) is 32.5 Å². The van der Waals surface area contributed by atoms with E-state index in [1.54, 1.807) is 6.07 Å². The Balaban J connectivity index is 1.43. The van der Waals surface area contributed by atoms with Crippen molar-refractivity contribution < 1.29 is 27.5 Å². The minimum atomic E-state index is -4.53. The molecule has 0 radical (unpaired) electrons. The molecule has 1 saturated heterocycles. The second-order valence-electron chi connectivity index (χ2n) is 11.1. The molecule has 0 aromatic heterocycles. The van der Waals surface area contributed by atoms with Gasteiger partial charge in [-0.1, -0.05) is 41.9 Å². The van der Waals surface area contributed by atoms with Crippen LogP contribution in [0.5, 0.6) is 0 Å². The number of morpholine rings is 1. The number of carbonyl (C=O) groups is 2. The van der Waals surface area contributed by atoms with E-state index in [9.17, 15) is 22.8 Å². The molecule has 1 unspecified atom stereocenters. The first-order valence-electron chi connectivity index (χ1n) is 14.5. The number of hydrogen-bond acceptors (Lipinski definition) is 5. The maximum absolute atomic E-state index is 14.0. The summed E-state index contributed by atoms with van der Waals surface area (Å²) in [5.74, 6) is -0.955. The molecular weight excluding hydrogens is 593 g/mol. The van der Waals surface area contributed by atoms with Gasteiger partial charge in [-0.3, -0.25) is 14.5 Å². The van der Waals surface area contributed by atoms with Crippen LogP contribution in [0.1, 0.15) is 50.6 Å². The molecule has 5 rings (SSSR count). The van der Waals surface area contributed by atoms with Crippen LogP contribution in [0.4, 0.5) is 13.2 Å². The molecule has 0 aliphatic carbocycles. The molecule has 0 saturated carbocycles. The zero-order valence-corrected chi connectivity index (χ0v) is 25.4. The molecule has 0 bridgehead atoms. The summed E-state index contributed by atoms with van der Waals surface area (Å²) in [6.45, 7) is 6.90. The molecule has 7 nitrogen and oxygen atoms in total. The third-order valence-corrected chi connectivity index (χ3v) is 8.48. The fourth-order valence-corrected chi connectivity index (χ4v) is 5.64. The van der Waals surface area contributed by atoms with Crippen LogP contribution in [0.25, 0.3) is 0 Å². The Morgan fingerprint density at radius 2 is 1.70 bits per heavy atom. The van der Waals surface area contributed by atoms with Gasteiger partial charge in [-0.25, -0.2) is 5.01 Å². The smallest absolute Gasteiger partial charge is 0.379 e. The lowest BCUT2D eigenvalue weighted by Crippen LogP contribution is -2.46. The SMILES string of the molecule is Cc1ccc(C2=NN(C(=O)CN(CCN3CCOCC3)C(=O)c3ccc(C(F)(F)F)cc3)C(c3ccccc3Cl)C2)cc1C. The van der Waals surface area contributed by atoms with Gasteiger partial charge in [-0.15, -0.1) is 0 Å². The van der Waals surface area contributed by atoms with Crippen molar-refractivity contribution in [3.05, 3.63) is 105 Å². The Hall–Kier alpha value is -3.73. The second-order valence-corrected chi connectivity index (χ2v) is 11.5. The zero-order valence-electron chi connectivity index (χ0n) is 24.6. The Labute approximate surface area is 259 Å². The van der Waals surface area contributed by atoms with Gasteiger partial charge < -0.3 is 9.64 Å². The van der Waals surface area contributed by atoms with E-state index >= 15 is 0 Å². The van der Waals surface area contributed by atoms with E-state index in [1.807, 2.05) is 50.2 Å². The van der Waals surface area contributed by atoms with Gasteiger partial charge in [0.25, 0.3) is 11.8 Å². The average Bonchev–Trinajstić information content (AvgIpc) is 3.46. The molecule has 232 valence electrons. The van der Waals surface area contributed by atoms with Gasteiger partial charge in [0.05, 0.1) is 30.5 Å². The molecule has 2 aliphatic heterocycles. The Morgan fingerprint density at radius 3 is 2.36 bits per heavy atom. The number of benzene rings is 3. The number of ether oxygens (including phenoxy) is 1. The third-order valence-electron chi connectivity index (χ3n) is 8.13. The molecule has 3 aromatic rings. The summed E-state index contributed by atoms with van der Waals surface area (Å²) < 4.78 is 44.9. The molecule has 0 spiro atoms. The second kappa shape index (κ2) is 13.5. The summed E-state index contributed by atoms with van der Waals surface area (Å²) >= 11 is 6.58. The lowest BCUT2D eigenvalue weighted by atomic mass is 9.96. The molecule has 2 aliphatic rings. The topological polar surface area (TPSA) is 65.5 Å². The van der Waals surface area contributed by atoms with Crippen LogP contribution in [-0.4, -0.2) is 78.3 Å². The van der Waals surface area contributed by atoms with Gasteiger partial charge in [0, 0.05) is 43.2 Å². The molecule has 3 aromatic carbocycles. The minimum Gasteiger partial charge on any atom is -0.379 e. The molecule has 2 amide bonds. The van der Waals surface area contributed by atoms with Gasteiger partial charge in [0.15, 0.2) is 0 Å². The maximum Gasteiger partial charge on any atom is 0.416 e. The molecule has 1 fully saturated rings. The highest BCUT2D eigenvalue weighted by Gasteiger charge is 2.36. The monoisotopic (exact) mass is 626 g/mol. The van der Waals surface area contributed by atoms with Crippen molar-refractivity contribution in [2.75, 3.05) is 45.9 Å². The van der Waals surface area contributed by atoms with Crippen molar-refractivity contribution in [1.29, 1.82) is 0 Å². The highest BCUT2D eigenvalue weighted by atomic mass is 35.5. The summed E-state index contributed by atoms with van der Waals surface area (Å²) in [7, 11) is 0. The highest BCUT2D eigenvalue weighted by Crippen LogP contribution is 2.37. The minimum absolute atomic E-state index is 0.0659. The van der Waals surface area contributed by atoms with E-state index in [1.165, 1.54) is 9.91 Å².